The van der Waals surface area contributed by atoms with Crippen LogP contribution in [0.15, 0.2) is 48.5 Å². The Labute approximate surface area is 206 Å². The van der Waals surface area contributed by atoms with Crippen molar-refractivity contribution in [1.82, 2.24) is 10.6 Å². The number of carboxylic acid groups (broad SMARTS) is 1. The van der Waals surface area contributed by atoms with Crippen LogP contribution in [0, 0.1) is 11.3 Å². The van der Waals surface area contributed by atoms with Crippen LogP contribution in [0.5, 0.6) is 0 Å². The van der Waals surface area contributed by atoms with E-state index in [0.717, 1.165) is 22.3 Å². The van der Waals surface area contributed by atoms with Gasteiger partial charge in [0, 0.05) is 18.4 Å². The molecule has 0 heterocycles. The quantitative estimate of drug-likeness (QED) is 0.510. The molecule has 186 valence electrons. The maximum Gasteiger partial charge on any atom is 0.407 e. The number of amides is 2. The lowest BCUT2D eigenvalue weighted by Gasteiger charge is -2.36. The lowest BCUT2D eigenvalue weighted by Crippen LogP contribution is -2.54. The number of rotatable bonds is 8. The Morgan fingerprint density at radius 3 is 2.11 bits per heavy atom. The Hall–Kier alpha value is -3.35. The molecule has 7 heteroatoms. The average molecular weight is 479 g/mol. The molecule has 0 aliphatic heterocycles. The van der Waals surface area contributed by atoms with Gasteiger partial charge in [-0.3, -0.25) is 9.59 Å². The van der Waals surface area contributed by atoms with E-state index >= 15 is 0 Å². The summed E-state index contributed by atoms with van der Waals surface area (Å²) in [5.74, 6) is -1.03. The smallest absolute Gasteiger partial charge is 0.407 e. The summed E-state index contributed by atoms with van der Waals surface area (Å²) in [6.07, 6.45) is 1.24. The van der Waals surface area contributed by atoms with E-state index < -0.39 is 18.1 Å². The topological polar surface area (TPSA) is 105 Å². The Morgan fingerprint density at radius 2 is 1.57 bits per heavy atom. The maximum atomic E-state index is 13.0. The number of benzene rings is 2. The molecule has 2 aliphatic carbocycles. The van der Waals surface area contributed by atoms with Crippen molar-refractivity contribution in [2.45, 2.75) is 64.5 Å². The van der Waals surface area contributed by atoms with Crippen molar-refractivity contribution < 1.29 is 24.2 Å². The Balaban J connectivity index is 1.36. The molecule has 0 saturated heterocycles. The second-order valence-corrected chi connectivity index (χ2v) is 10.9. The van der Waals surface area contributed by atoms with E-state index in [-0.39, 0.29) is 42.2 Å². The van der Waals surface area contributed by atoms with Gasteiger partial charge in [0.05, 0.1) is 0 Å². The highest BCUT2D eigenvalue weighted by atomic mass is 16.5. The molecule has 2 aromatic rings. The van der Waals surface area contributed by atoms with Gasteiger partial charge in [-0.1, -0.05) is 69.3 Å². The van der Waals surface area contributed by atoms with Gasteiger partial charge in [-0.25, -0.2) is 4.79 Å². The van der Waals surface area contributed by atoms with E-state index in [4.69, 9.17) is 9.84 Å². The van der Waals surface area contributed by atoms with Crippen LogP contribution in [0.25, 0.3) is 11.1 Å². The molecule has 2 aromatic carbocycles. The van der Waals surface area contributed by atoms with Crippen LogP contribution in [0.3, 0.4) is 0 Å². The number of ether oxygens (including phenoxy) is 1. The molecule has 3 N–H and O–H groups in total. The second kappa shape index (κ2) is 10.1. The zero-order valence-electron chi connectivity index (χ0n) is 20.5. The lowest BCUT2D eigenvalue weighted by molar-refractivity contribution is -0.139. The van der Waals surface area contributed by atoms with Gasteiger partial charge in [0.15, 0.2) is 0 Å². The van der Waals surface area contributed by atoms with Crippen LogP contribution in [0.2, 0.25) is 0 Å². The average Bonchev–Trinajstić information content (AvgIpc) is 3.08. The first kappa shape index (κ1) is 24.8. The number of carboxylic acids is 1. The van der Waals surface area contributed by atoms with Gasteiger partial charge < -0.3 is 20.5 Å². The van der Waals surface area contributed by atoms with Gasteiger partial charge in [-0.05, 0) is 52.8 Å². The van der Waals surface area contributed by atoms with E-state index in [2.05, 4.69) is 34.9 Å². The van der Waals surface area contributed by atoms with Crippen LogP contribution in [-0.2, 0) is 14.3 Å². The van der Waals surface area contributed by atoms with E-state index in [0.29, 0.717) is 19.3 Å². The summed E-state index contributed by atoms with van der Waals surface area (Å²) < 4.78 is 5.65. The third kappa shape index (κ3) is 6.02. The van der Waals surface area contributed by atoms with Crippen molar-refractivity contribution in [3.8, 4) is 11.1 Å². The normalized spacial score (nSPS) is 19.6. The monoisotopic (exact) mass is 478 g/mol. The summed E-state index contributed by atoms with van der Waals surface area (Å²) in [7, 11) is 0. The van der Waals surface area contributed by atoms with Gasteiger partial charge in [-0.2, -0.15) is 0 Å². The molecule has 1 atom stereocenters. The first-order chi connectivity index (χ1) is 16.6. The molecule has 2 aliphatic rings. The number of hydrogen-bond donors (Lipinski definition) is 3. The first-order valence-corrected chi connectivity index (χ1v) is 12.2. The molecule has 2 amide bonds. The number of carbonyl (C=O) groups is 3. The second-order valence-electron chi connectivity index (χ2n) is 10.9. The summed E-state index contributed by atoms with van der Waals surface area (Å²) in [4.78, 5) is 36.6. The molecule has 7 nitrogen and oxygen atoms in total. The van der Waals surface area contributed by atoms with Crippen molar-refractivity contribution in [2.75, 3.05) is 6.61 Å². The molecule has 4 rings (SSSR count). The highest BCUT2D eigenvalue weighted by molar-refractivity contribution is 5.86. The summed E-state index contributed by atoms with van der Waals surface area (Å²) in [6, 6.07) is 15.5. The Morgan fingerprint density at radius 1 is 1.00 bits per heavy atom. The predicted octanol–water partition coefficient (Wildman–Crippen LogP) is 4.70. The number of alkyl carbamates (subject to hydrolysis) is 1. The highest BCUT2D eigenvalue weighted by Crippen LogP contribution is 2.44. The van der Waals surface area contributed by atoms with Gasteiger partial charge in [0.25, 0.3) is 0 Å². The summed E-state index contributed by atoms with van der Waals surface area (Å²) in [5.41, 5.74) is 4.38. The molecule has 1 fully saturated rings. The molecule has 35 heavy (non-hydrogen) atoms. The number of nitrogens with one attached hydrogen (secondary N) is 2. The molecule has 0 radical (unpaired) electrons. The molecular weight excluding hydrogens is 444 g/mol. The maximum absolute atomic E-state index is 13.0. The van der Waals surface area contributed by atoms with Gasteiger partial charge in [0.1, 0.15) is 12.6 Å². The zero-order chi connectivity index (χ0) is 25.2. The number of fused-ring (bicyclic) bond motifs is 3. The standard InChI is InChI=1S/C28H34N2O5/c1-28(2,3)15-24(26(33)29-18-12-17(13-18)14-25(31)32)30-27(34)35-16-23-21-10-6-4-8-19(21)20-9-5-7-11-22(20)23/h4-11,17-18,23-24H,12-16H2,1-3H3,(H,29,33)(H,30,34)(H,31,32). The molecule has 1 saturated carbocycles. The van der Waals surface area contributed by atoms with Crippen molar-refractivity contribution in [2.24, 2.45) is 11.3 Å². The van der Waals surface area contributed by atoms with Crippen LogP contribution < -0.4 is 10.6 Å². The SMILES string of the molecule is CC(C)(C)CC(NC(=O)OCC1c2ccccc2-c2ccccc21)C(=O)NC1CC(CC(=O)O)C1. The zero-order valence-corrected chi connectivity index (χ0v) is 20.5. The fourth-order valence-corrected chi connectivity index (χ4v) is 5.17. The van der Waals surface area contributed by atoms with Crippen molar-refractivity contribution in [1.29, 1.82) is 0 Å². The van der Waals surface area contributed by atoms with Crippen LogP contribution in [0.1, 0.15) is 63.5 Å². The minimum absolute atomic E-state index is 0.0517. The van der Waals surface area contributed by atoms with E-state index in [1.165, 1.54) is 0 Å². The molecule has 0 spiro atoms. The number of aliphatic carboxylic acids is 1. The lowest BCUT2D eigenvalue weighted by atomic mass is 9.78. The van der Waals surface area contributed by atoms with E-state index in [1.807, 2.05) is 45.0 Å². The van der Waals surface area contributed by atoms with Crippen LogP contribution in [0.4, 0.5) is 4.79 Å². The fourth-order valence-electron chi connectivity index (χ4n) is 5.17. The third-order valence-electron chi connectivity index (χ3n) is 6.81. The predicted molar refractivity (Wildman–Crippen MR) is 133 cm³/mol. The van der Waals surface area contributed by atoms with Crippen molar-refractivity contribution >= 4 is 18.0 Å². The number of hydrogen-bond acceptors (Lipinski definition) is 4. The molecule has 0 bridgehead atoms. The summed E-state index contributed by atoms with van der Waals surface area (Å²) in [5, 5.41) is 14.7. The minimum Gasteiger partial charge on any atom is -0.481 e. The van der Waals surface area contributed by atoms with Crippen molar-refractivity contribution in [3.63, 3.8) is 0 Å². The molecule has 0 aromatic heterocycles. The van der Waals surface area contributed by atoms with Gasteiger partial charge >= 0.3 is 12.1 Å². The molecular formula is C28H34N2O5. The largest absolute Gasteiger partial charge is 0.481 e. The van der Waals surface area contributed by atoms with Crippen LogP contribution in [-0.4, -0.2) is 41.8 Å². The third-order valence-corrected chi connectivity index (χ3v) is 6.81. The minimum atomic E-state index is -0.817. The number of carbonyl (C=O) groups excluding carboxylic acids is 2. The van der Waals surface area contributed by atoms with E-state index in [9.17, 15) is 14.4 Å². The summed E-state index contributed by atoms with van der Waals surface area (Å²) >= 11 is 0. The molecule has 1 unspecified atom stereocenters. The Bertz CT molecular complexity index is 1060. The van der Waals surface area contributed by atoms with Gasteiger partial charge in [0.2, 0.25) is 5.91 Å². The highest BCUT2D eigenvalue weighted by Gasteiger charge is 2.35. The Kier molecular flexibility index (Phi) is 7.15. The van der Waals surface area contributed by atoms with Crippen LogP contribution >= 0.6 is 0 Å². The first-order valence-electron chi connectivity index (χ1n) is 12.2. The van der Waals surface area contributed by atoms with E-state index in [1.54, 1.807) is 0 Å². The fraction of sp³-hybridized carbons (Fsp3) is 0.464. The van der Waals surface area contributed by atoms with Crippen molar-refractivity contribution in [3.05, 3.63) is 59.7 Å². The van der Waals surface area contributed by atoms with Gasteiger partial charge in [-0.15, -0.1) is 0 Å². The summed E-state index contributed by atoms with van der Waals surface area (Å²) in [6.45, 7) is 6.22.